The second-order valence-corrected chi connectivity index (χ2v) is 8.83. The molecule has 1 aromatic carbocycles. The van der Waals surface area contributed by atoms with Gasteiger partial charge in [0.05, 0.1) is 6.54 Å². The maximum atomic E-state index is 13.3. The molecule has 3 amide bonds. The van der Waals surface area contributed by atoms with Crippen LogP contribution in [0.25, 0.3) is 0 Å². The molecule has 2 atom stereocenters. The molecule has 32 heavy (non-hydrogen) atoms. The molecule has 1 aromatic rings. The van der Waals surface area contributed by atoms with Crippen LogP contribution in [0.2, 0.25) is 0 Å². The van der Waals surface area contributed by atoms with Crippen molar-refractivity contribution in [3.63, 3.8) is 0 Å². The Labute approximate surface area is 186 Å². The van der Waals surface area contributed by atoms with Gasteiger partial charge in [0.15, 0.2) is 0 Å². The number of carbonyl (C=O) groups is 3. The molecule has 0 aromatic heterocycles. The van der Waals surface area contributed by atoms with Crippen molar-refractivity contribution in [3.05, 3.63) is 29.8 Å². The van der Waals surface area contributed by atoms with Gasteiger partial charge >= 0.3 is 6.61 Å². The second-order valence-electron chi connectivity index (χ2n) is 8.83. The van der Waals surface area contributed by atoms with Crippen LogP contribution in [0.5, 0.6) is 5.75 Å². The molecule has 0 spiro atoms. The number of alkyl halides is 2. The van der Waals surface area contributed by atoms with Crippen molar-refractivity contribution in [3.8, 4) is 5.75 Å². The highest BCUT2D eigenvalue weighted by atomic mass is 19.3. The zero-order valence-electron chi connectivity index (χ0n) is 18.2. The molecule has 2 saturated heterocycles. The molecule has 2 unspecified atom stereocenters. The normalized spacial score (nSPS) is 24.3. The summed E-state index contributed by atoms with van der Waals surface area (Å²) >= 11 is 0. The van der Waals surface area contributed by atoms with Gasteiger partial charge in [0.25, 0.3) is 5.91 Å². The third-order valence-corrected chi connectivity index (χ3v) is 6.87. The number of ether oxygens (including phenoxy) is 1. The summed E-state index contributed by atoms with van der Waals surface area (Å²) in [5, 5.41) is 0. The smallest absolute Gasteiger partial charge is 0.387 e. The molecule has 0 bridgehead atoms. The molecule has 2 heterocycles. The van der Waals surface area contributed by atoms with Gasteiger partial charge < -0.3 is 19.4 Å². The number of carbonyl (C=O) groups excluding carboxylic acids is 3. The lowest BCUT2D eigenvalue weighted by Gasteiger charge is -2.51. The van der Waals surface area contributed by atoms with Gasteiger partial charge in [0, 0.05) is 25.1 Å². The first-order valence-corrected chi connectivity index (χ1v) is 11.3. The third-order valence-electron chi connectivity index (χ3n) is 6.87. The van der Waals surface area contributed by atoms with Crippen LogP contribution in [0.15, 0.2) is 24.3 Å². The average Bonchev–Trinajstić information content (AvgIpc) is 3.28. The number of halogens is 2. The van der Waals surface area contributed by atoms with Gasteiger partial charge in [-0.15, -0.1) is 0 Å². The number of benzene rings is 1. The maximum absolute atomic E-state index is 13.3. The predicted octanol–water partition coefficient (Wildman–Crippen LogP) is 3.10. The van der Waals surface area contributed by atoms with E-state index in [1.165, 1.54) is 54.8 Å². The minimum absolute atomic E-state index is 0.0260. The monoisotopic (exact) mass is 449 g/mol. The van der Waals surface area contributed by atoms with Crippen molar-refractivity contribution < 1.29 is 27.9 Å². The molecule has 3 aliphatic rings. The summed E-state index contributed by atoms with van der Waals surface area (Å²) < 4.78 is 29.1. The first-order chi connectivity index (χ1) is 15.3. The number of rotatable bonds is 6. The second kappa shape index (κ2) is 9.42. The first-order valence-electron chi connectivity index (χ1n) is 11.3. The Hall–Kier alpha value is -2.71. The molecule has 1 aliphatic carbocycles. The number of hydrogen-bond acceptors (Lipinski definition) is 4. The van der Waals surface area contributed by atoms with E-state index < -0.39 is 18.8 Å². The van der Waals surface area contributed by atoms with E-state index in [9.17, 15) is 23.2 Å². The van der Waals surface area contributed by atoms with Crippen LogP contribution < -0.4 is 4.74 Å². The third kappa shape index (κ3) is 4.56. The SMILES string of the molecule is CC1C(=O)N(CCC2CCCC2)CC2N(C(=O)c3ccc(OC(F)F)cc3)CCC(=O)N12. The number of nitrogens with zero attached hydrogens (tertiary/aromatic N) is 3. The molecule has 1 saturated carbocycles. The Kier molecular flexibility index (Phi) is 6.62. The maximum Gasteiger partial charge on any atom is 0.387 e. The van der Waals surface area contributed by atoms with Crippen LogP contribution in [-0.2, 0) is 9.59 Å². The van der Waals surface area contributed by atoms with E-state index in [-0.39, 0.29) is 36.4 Å². The van der Waals surface area contributed by atoms with Gasteiger partial charge in [-0.25, -0.2) is 0 Å². The molecule has 3 fully saturated rings. The Balaban J connectivity index is 1.50. The summed E-state index contributed by atoms with van der Waals surface area (Å²) in [6, 6.07) is 4.91. The average molecular weight is 449 g/mol. The fourth-order valence-corrected chi connectivity index (χ4v) is 5.16. The minimum Gasteiger partial charge on any atom is -0.435 e. The van der Waals surface area contributed by atoms with Crippen LogP contribution in [0.3, 0.4) is 0 Å². The van der Waals surface area contributed by atoms with Gasteiger partial charge in [0.2, 0.25) is 11.8 Å². The summed E-state index contributed by atoms with van der Waals surface area (Å²) in [6.45, 7) is -0.0338. The van der Waals surface area contributed by atoms with E-state index in [1.54, 1.807) is 16.7 Å². The molecular weight excluding hydrogens is 420 g/mol. The van der Waals surface area contributed by atoms with Crippen LogP contribution in [-0.4, -0.2) is 70.9 Å². The van der Waals surface area contributed by atoms with Crippen molar-refractivity contribution in [1.29, 1.82) is 0 Å². The summed E-state index contributed by atoms with van der Waals surface area (Å²) in [5.74, 6) is 0.109. The van der Waals surface area contributed by atoms with Gasteiger partial charge in [0.1, 0.15) is 18.0 Å². The number of amides is 3. The van der Waals surface area contributed by atoms with Gasteiger partial charge in [-0.1, -0.05) is 25.7 Å². The largest absolute Gasteiger partial charge is 0.435 e. The van der Waals surface area contributed by atoms with E-state index in [0.29, 0.717) is 24.6 Å². The Morgan fingerprint density at radius 2 is 1.84 bits per heavy atom. The van der Waals surface area contributed by atoms with E-state index >= 15 is 0 Å². The first kappa shape index (κ1) is 22.5. The van der Waals surface area contributed by atoms with Gasteiger partial charge in [-0.05, 0) is 43.5 Å². The Bertz CT molecular complexity index is 857. The molecule has 174 valence electrons. The quantitative estimate of drug-likeness (QED) is 0.669. The zero-order valence-corrected chi connectivity index (χ0v) is 18.2. The van der Waals surface area contributed by atoms with Gasteiger partial charge in [-0.2, -0.15) is 8.78 Å². The number of fused-ring (bicyclic) bond motifs is 1. The highest BCUT2D eigenvalue weighted by Crippen LogP contribution is 2.30. The summed E-state index contributed by atoms with van der Waals surface area (Å²) in [5.41, 5.74) is 0.322. The lowest BCUT2D eigenvalue weighted by molar-refractivity contribution is -0.165. The summed E-state index contributed by atoms with van der Waals surface area (Å²) in [6.07, 6.45) is 5.43. The van der Waals surface area contributed by atoms with E-state index in [2.05, 4.69) is 4.74 Å². The highest BCUT2D eigenvalue weighted by molar-refractivity contribution is 5.97. The fraction of sp³-hybridized carbons (Fsp3) is 0.609. The lowest BCUT2D eigenvalue weighted by atomic mass is 10.0. The van der Waals surface area contributed by atoms with Crippen molar-refractivity contribution in [2.24, 2.45) is 5.92 Å². The van der Waals surface area contributed by atoms with Gasteiger partial charge in [-0.3, -0.25) is 14.4 Å². The van der Waals surface area contributed by atoms with Crippen molar-refractivity contribution in [2.75, 3.05) is 19.6 Å². The minimum atomic E-state index is -2.94. The van der Waals surface area contributed by atoms with Crippen LogP contribution in [0.1, 0.15) is 55.8 Å². The number of piperazine rings is 1. The van der Waals surface area contributed by atoms with Crippen LogP contribution in [0.4, 0.5) is 8.78 Å². The predicted molar refractivity (Wildman–Crippen MR) is 112 cm³/mol. The zero-order chi connectivity index (χ0) is 22.8. The van der Waals surface area contributed by atoms with Crippen LogP contribution in [0, 0.1) is 5.92 Å². The molecular formula is C23H29F2N3O4. The Morgan fingerprint density at radius 1 is 1.16 bits per heavy atom. The van der Waals surface area contributed by atoms with Crippen molar-refractivity contribution >= 4 is 17.7 Å². The lowest BCUT2D eigenvalue weighted by Crippen LogP contribution is -2.70. The topological polar surface area (TPSA) is 70.2 Å². The standard InChI is InChI=1S/C23H29F2N3O4/c1-15-21(30)26(12-10-16-4-2-3-5-16)14-19-27(13-11-20(29)28(15)19)22(31)17-6-8-18(9-7-17)32-23(24)25/h6-9,15-16,19,23H,2-5,10-14H2,1H3. The van der Waals surface area contributed by atoms with Crippen molar-refractivity contribution in [2.45, 2.75) is 64.3 Å². The number of hydrogen-bond donors (Lipinski definition) is 0. The Morgan fingerprint density at radius 3 is 2.50 bits per heavy atom. The fourth-order valence-electron chi connectivity index (χ4n) is 5.16. The molecule has 0 radical (unpaired) electrons. The molecule has 7 nitrogen and oxygen atoms in total. The molecule has 2 aliphatic heterocycles. The summed E-state index contributed by atoms with van der Waals surface area (Å²) in [4.78, 5) is 43.8. The van der Waals surface area contributed by atoms with Crippen molar-refractivity contribution in [1.82, 2.24) is 14.7 Å². The van der Waals surface area contributed by atoms with E-state index in [4.69, 9.17) is 0 Å². The molecule has 9 heteroatoms. The van der Waals surface area contributed by atoms with E-state index in [0.717, 1.165) is 6.42 Å². The highest BCUT2D eigenvalue weighted by Gasteiger charge is 2.47. The van der Waals surface area contributed by atoms with E-state index in [1.807, 2.05) is 0 Å². The summed E-state index contributed by atoms with van der Waals surface area (Å²) in [7, 11) is 0. The molecule has 0 N–H and O–H groups in total. The van der Waals surface area contributed by atoms with Crippen LogP contribution >= 0.6 is 0 Å². The molecule has 4 rings (SSSR count).